The van der Waals surface area contributed by atoms with Gasteiger partial charge in [0.05, 0.1) is 36.7 Å². The second kappa shape index (κ2) is 6.98. The number of carbonyl (C=O) groups is 1. The first kappa shape index (κ1) is 15.9. The van der Waals surface area contributed by atoms with Crippen molar-refractivity contribution >= 4 is 23.5 Å². The smallest absolute Gasteiger partial charge is 0.233 e. The average Bonchev–Trinajstić information content (AvgIpc) is 2.61. The van der Waals surface area contributed by atoms with Crippen LogP contribution in [-0.4, -0.2) is 44.0 Å². The van der Waals surface area contributed by atoms with E-state index in [0.29, 0.717) is 23.8 Å². The van der Waals surface area contributed by atoms with Crippen molar-refractivity contribution in [3.05, 3.63) is 18.2 Å². The van der Waals surface area contributed by atoms with Crippen molar-refractivity contribution in [1.29, 1.82) is 0 Å². The Morgan fingerprint density at radius 1 is 1.57 bits per heavy atom. The van der Waals surface area contributed by atoms with Crippen molar-refractivity contribution < 1.29 is 23.7 Å². The molecular weight excluding hydrogens is 298 g/mol. The molecule has 0 radical (unpaired) electrons. The van der Waals surface area contributed by atoms with Crippen LogP contribution in [0.3, 0.4) is 0 Å². The van der Waals surface area contributed by atoms with Crippen molar-refractivity contribution in [3.63, 3.8) is 0 Å². The summed E-state index contributed by atoms with van der Waals surface area (Å²) in [7, 11) is 1.70. The van der Waals surface area contributed by atoms with Crippen LogP contribution < -0.4 is 14.4 Å². The Hall–Kier alpha value is -1.50. The Morgan fingerprint density at radius 3 is 3.00 bits per heavy atom. The molecule has 2 atom stereocenters. The topological polar surface area (TPSA) is 68.2 Å². The van der Waals surface area contributed by atoms with Crippen LogP contribution in [0.5, 0.6) is 11.5 Å². The van der Waals surface area contributed by atoms with E-state index in [0.717, 1.165) is 0 Å². The summed E-state index contributed by atoms with van der Waals surface area (Å²) in [6, 6.07) is 5.20. The minimum absolute atomic E-state index is 0.0109. The molecule has 7 heteroatoms. The number of nitrogens with zero attached hydrogens (tertiary/aromatic N) is 1. The van der Waals surface area contributed by atoms with Crippen LogP contribution in [0.1, 0.15) is 6.92 Å². The molecule has 1 unspecified atom stereocenters. The average molecular weight is 316 g/mol. The third-order valence-corrected chi connectivity index (χ3v) is 3.55. The lowest BCUT2D eigenvalue weighted by atomic mass is 10.1. The maximum Gasteiger partial charge on any atom is 0.233 e. The maximum atomic E-state index is 12.1. The summed E-state index contributed by atoms with van der Waals surface area (Å²) in [6.45, 7) is 2.04. The molecule has 116 valence electrons. The number of aliphatic hydroxyl groups excluding tert-OH is 1. The molecule has 0 aliphatic carbocycles. The highest BCUT2D eigenvalue weighted by molar-refractivity contribution is 6.07. The predicted molar refractivity (Wildman–Crippen MR) is 77.8 cm³/mol. The van der Waals surface area contributed by atoms with Gasteiger partial charge in [0.15, 0.2) is 0 Å². The lowest BCUT2D eigenvalue weighted by Crippen LogP contribution is -2.31. The molecule has 1 aromatic rings. The molecule has 0 aromatic heterocycles. The summed E-state index contributed by atoms with van der Waals surface area (Å²) in [5.41, 5.74) is 0.647. The van der Waals surface area contributed by atoms with Crippen LogP contribution in [0.25, 0.3) is 0 Å². The number of hydrogen-bond donors (Lipinski definition) is 1. The third-order valence-electron chi connectivity index (χ3n) is 3.30. The minimum atomic E-state index is -0.610. The molecule has 2 rings (SSSR count). The Labute approximate surface area is 128 Å². The second-order valence-electron chi connectivity index (χ2n) is 4.94. The molecule has 1 aromatic carbocycles. The molecule has 1 amide bonds. The number of rotatable bonds is 5. The van der Waals surface area contributed by atoms with E-state index in [1.54, 1.807) is 30.1 Å². The van der Waals surface area contributed by atoms with Crippen LogP contribution in [0, 0.1) is 5.92 Å². The summed E-state index contributed by atoms with van der Waals surface area (Å²) in [5, 5.41) is 8.98. The van der Waals surface area contributed by atoms with E-state index >= 15 is 0 Å². The quantitative estimate of drug-likeness (QED) is 0.893. The number of ether oxygens (including phenoxy) is 2. The zero-order chi connectivity index (χ0) is 15.4. The zero-order valence-corrected chi connectivity index (χ0v) is 12.7. The van der Waals surface area contributed by atoms with Gasteiger partial charge in [-0.25, -0.2) is 0 Å². The predicted octanol–water partition coefficient (Wildman–Crippen LogP) is 1.59. The van der Waals surface area contributed by atoms with Gasteiger partial charge in [-0.15, -0.1) is 0 Å². The van der Waals surface area contributed by atoms with E-state index < -0.39 is 6.10 Å². The minimum Gasteiger partial charge on any atom is -0.491 e. The highest BCUT2D eigenvalue weighted by atomic mass is 35.5. The molecule has 1 aliphatic heterocycles. The standard InChI is InChI=1S/C14H18ClNO5/c1-9-7-20-13-4-3-10(19-8-11(6-17)21-15)5-12(13)16(2)14(9)18/h3-5,9,11,17H,6-8H2,1-2H3/t9-,11?/m0/s1. The Balaban J connectivity index is 2.16. The number of benzene rings is 1. The second-order valence-corrected chi connectivity index (χ2v) is 5.12. The molecular formula is C14H18ClNO5. The molecule has 0 spiro atoms. The summed E-state index contributed by atoms with van der Waals surface area (Å²) in [6.07, 6.45) is -0.610. The van der Waals surface area contributed by atoms with E-state index in [9.17, 15) is 4.79 Å². The largest absolute Gasteiger partial charge is 0.491 e. The van der Waals surface area contributed by atoms with Gasteiger partial charge in [-0.3, -0.25) is 9.08 Å². The molecule has 1 heterocycles. The first-order chi connectivity index (χ1) is 10.1. The van der Waals surface area contributed by atoms with Gasteiger partial charge in [0.25, 0.3) is 0 Å². The molecule has 0 saturated carbocycles. The van der Waals surface area contributed by atoms with Crippen molar-refractivity contribution in [3.8, 4) is 11.5 Å². The molecule has 0 saturated heterocycles. The number of fused-ring (bicyclic) bond motifs is 1. The summed E-state index contributed by atoms with van der Waals surface area (Å²) in [5.74, 6) is 0.965. The van der Waals surface area contributed by atoms with Gasteiger partial charge >= 0.3 is 0 Å². The summed E-state index contributed by atoms with van der Waals surface area (Å²) < 4.78 is 15.6. The van der Waals surface area contributed by atoms with Crippen LogP contribution in [0.2, 0.25) is 0 Å². The Bertz CT molecular complexity index is 506. The fourth-order valence-corrected chi connectivity index (χ4v) is 2.11. The molecule has 6 nitrogen and oxygen atoms in total. The first-order valence-corrected chi connectivity index (χ1v) is 6.93. The summed E-state index contributed by atoms with van der Waals surface area (Å²) in [4.78, 5) is 13.7. The number of carbonyl (C=O) groups excluding carboxylic acids is 1. The molecule has 0 fully saturated rings. The van der Waals surface area contributed by atoms with E-state index in [1.807, 2.05) is 6.92 Å². The van der Waals surface area contributed by atoms with Crippen molar-refractivity contribution in [2.24, 2.45) is 5.92 Å². The number of amides is 1. The number of anilines is 1. The molecule has 0 bridgehead atoms. The van der Waals surface area contributed by atoms with Gasteiger partial charge in [-0.2, -0.15) is 0 Å². The van der Waals surface area contributed by atoms with Gasteiger partial charge in [0, 0.05) is 13.1 Å². The zero-order valence-electron chi connectivity index (χ0n) is 11.9. The van der Waals surface area contributed by atoms with Gasteiger partial charge in [0.1, 0.15) is 24.2 Å². The Kier molecular flexibility index (Phi) is 5.27. The van der Waals surface area contributed by atoms with Gasteiger partial charge < -0.3 is 19.5 Å². The summed E-state index contributed by atoms with van der Waals surface area (Å²) >= 11 is 5.22. The van der Waals surface area contributed by atoms with Gasteiger partial charge in [0.2, 0.25) is 5.91 Å². The lowest BCUT2D eigenvalue weighted by molar-refractivity contribution is -0.122. The molecule has 1 N–H and O–H groups in total. The van der Waals surface area contributed by atoms with Crippen molar-refractivity contribution in [2.45, 2.75) is 13.0 Å². The van der Waals surface area contributed by atoms with E-state index in [4.69, 9.17) is 26.4 Å². The van der Waals surface area contributed by atoms with E-state index in [2.05, 4.69) is 4.29 Å². The normalized spacial score (nSPS) is 19.5. The van der Waals surface area contributed by atoms with Crippen molar-refractivity contribution in [1.82, 2.24) is 0 Å². The van der Waals surface area contributed by atoms with Crippen LogP contribution >= 0.6 is 11.9 Å². The monoisotopic (exact) mass is 315 g/mol. The first-order valence-electron chi connectivity index (χ1n) is 6.62. The maximum absolute atomic E-state index is 12.1. The molecule has 1 aliphatic rings. The van der Waals surface area contributed by atoms with Crippen molar-refractivity contribution in [2.75, 3.05) is 31.8 Å². The Morgan fingerprint density at radius 2 is 2.33 bits per heavy atom. The lowest BCUT2D eigenvalue weighted by Gasteiger charge is -2.19. The molecule has 21 heavy (non-hydrogen) atoms. The van der Waals surface area contributed by atoms with E-state index in [-0.39, 0.29) is 25.0 Å². The third kappa shape index (κ3) is 3.58. The number of aliphatic hydroxyl groups is 1. The SMILES string of the molecule is C[C@H]1COc2ccc(OCC(CO)OCl)cc2N(C)C1=O. The fourth-order valence-electron chi connectivity index (χ4n) is 2.00. The number of hydrogen-bond acceptors (Lipinski definition) is 5. The number of halogens is 1. The van der Waals surface area contributed by atoms with Gasteiger partial charge in [-0.1, -0.05) is 6.92 Å². The van der Waals surface area contributed by atoms with Crippen LogP contribution in [-0.2, 0) is 9.08 Å². The van der Waals surface area contributed by atoms with E-state index in [1.165, 1.54) is 0 Å². The van der Waals surface area contributed by atoms with Crippen LogP contribution in [0.15, 0.2) is 18.2 Å². The van der Waals surface area contributed by atoms with Crippen LogP contribution in [0.4, 0.5) is 5.69 Å². The fraction of sp³-hybridized carbons (Fsp3) is 0.500. The van der Waals surface area contributed by atoms with Gasteiger partial charge in [-0.05, 0) is 12.1 Å². The highest BCUT2D eigenvalue weighted by Gasteiger charge is 2.26. The highest BCUT2D eigenvalue weighted by Crippen LogP contribution is 2.35.